The van der Waals surface area contributed by atoms with Crippen molar-refractivity contribution in [3.05, 3.63) is 0 Å². The minimum atomic E-state index is -0.0364. The maximum atomic E-state index is 8.43. The summed E-state index contributed by atoms with van der Waals surface area (Å²) in [4.78, 5) is 0. The number of unbranched alkanes of at least 4 members (excludes halogenated alkanes) is 5. The molecule has 90 valence electrons. The third kappa shape index (κ3) is 8.24. The maximum Gasteiger partial charge on any atom is 0.156 e. The molecule has 0 saturated heterocycles. The molecule has 0 aliphatic heterocycles. The topological polar surface area (TPSA) is 70.6 Å². The van der Waals surface area contributed by atoms with Gasteiger partial charge in [0, 0.05) is 0 Å². The van der Waals surface area contributed by atoms with E-state index in [1.165, 1.54) is 32.1 Å². The molecule has 4 nitrogen and oxygen atoms in total. The SMILES string of the molecule is CCCCCCCCNC(C)C(N)=NO. The van der Waals surface area contributed by atoms with E-state index in [4.69, 9.17) is 10.9 Å². The Labute approximate surface area is 92.9 Å². The van der Waals surface area contributed by atoms with Crippen molar-refractivity contribution in [2.45, 2.75) is 58.4 Å². The van der Waals surface area contributed by atoms with Gasteiger partial charge in [-0.2, -0.15) is 0 Å². The molecule has 0 aromatic carbocycles. The van der Waals surface area contributed by atoms with Crippen LogP contribution in [0.4, 0.5) is 0 Å². The monoisotopic (exact) mass is 215 g/mol. The van der Waals surface area contributed by atoms with E-state index in [9.17, 15) is 0 Å². The molecule has 0 bridgehead atoms. The number of nitrogens with one attached hydrogen (secondary N) is 1. The van der Waals surface area contributed by atoms with Crippen LogP contribution in [0.25, 0.3) is 0 Å². The molecule has 4 heteroatoms. The third-order valence-corrected chi connectivity index (χ3v) is 2.54. The summed E-state index contributed by atoms with van der Waals surface area (Å²) in [5.74, 6) is 0.251. The van der Waals surface area contributed by atoms with Crippen molar-refractivity contribution in [3.8, 4) is 0 Å². The highest BCUT2D eigenvalue weighted by atomic mass is 16.4. The second kappa shape index (κ2) is 9.77. The van der Waals surface area contributed by atoms with Crippen LogP contribution in [-0.2, 0) is 0 Å². The molecule has 15 heavy (non-hydrogen) atoms. The van der Waals surface area contributed by atoms with Gasteiger partial charge in [-0.25, -0.2) is 0 Å². The number of rotatable bonds is 9. The molecule has 0 aromatic rings. The molecule has 0 saturated carbocycles. The van der Waals surface area contributed by atoms with E-state index >= 15 is 0 Å². The first kappa shape index (κ1) is 14.2. The summed E-state index contributed by atoms with van der Waals surface area (Å²) < 4.78 is 0. The molecule has 0 amide bonds. The summed E-state index contributed by atoms with van der Waals surface area (Å²) in [5.41, 5.74) is 5.43. The predicted octanol–water partition coefficient (Wildman–Crippen LogP) is 2.07. The fourth-order valence-electron chi connectivity index (χ4n) is 1.42. The number of amidine groups is 1. The van der Waals surface area contributed by atoms with Gasteiger partial charge in [-0.3, -0.25) is 0 Å². The largest absolute Gasteiger partial charge is 0.409 e. The van der Waals surface area contributed by atoms with E-state index in [0.29, 0.717) is 0 Å². The van der Waals surface area contributed by atoms with E-state index in [0.717, 1.165) is 13.0 Å². The van der Waals surface area contributed by atoms with Gasteiger partial charge in [0.1, 0.15) is 0 Å². The lowest BCUT2D eigenvalue weighted by Crippen LogP contribution is -2.39. The molecule has 0 aliphatic rings. The van der Waals surface area contributed by atoms with E-state index in [1.807, 2.05) is 6.92 Å². The highest BCUT2D eigenvalue weighted by Crippen LogP contribution is 2.04. The van der Waals surface area contributed by atoms with Crippen LogP contribution in [-0.4, -0.2) is 23.6 Å². The molecule has 0 spiro atoms. The lowest BCUT2D eigenvalue weighted by atomic mass is 10.1. The molecule has 0 aliphatic carbocycles. The van der Waals surface area contributed by atoms with Crippen molar-refractivity contribution >= 4 is 5.84 Å². The van der Waals surface area contributed by atoms with Gasteiger partial charge < -0.3 is 16.3 Å². The van der Waals surface area contributed by atoms with Crippen LogP contribution in [0.2, 0.25) is 0 Å². The number of hydrogen-bond donors (Lipinski definition) is 3. The Hall–Kier alpha value is -0.770. The second-order valence-electron chi connectivity index (χ2n) is 3.97. The number of oxime groups is 1. The normalized spacial score (nSPS) is 14.1. The van der Waals surface area contributed by atoms with Gasteiger partial charge in [0.15, 0.2) is 5.84 Å². The third-order valence-electron chi connectivity index (χ3n) is 2.54. The van der Waals surface area contributed by atoms with Crippen molar-refractivity contribution in [3.63, 3.8) is 0 Å². The zero-order valence-corrected chi connectivity index (χ0v) is 10.00. The lowest BCUT2D eigenvalue weighted by Gasteiger charge is -2.11. The fraction of sp³-hybridized carbons (Fsp3) is 0.909. The molecular weight excluding hydrogens is 190 g/mol. The van der Waals surface area contributed by atoms with Crippen molar-refractivity contribution in [2.24, 2.45) is 10.9 Å². The molecule has 1 atom stereocenters. The van der Waals surface area contributed by atoms with Gasteiger partial charge in [-0.15, -0.1) is 0 Å². The first-order valence-corrected chi connectivity index (χ1v) is 5.93. The van der Waals surface area contributed by atoms with E-state index in [1.54, 1.807) is 0 Å². The van der Waals surface area contributed by atoms with Crippen LogP contribution in [0.5, 0.6) is 0 Å². The van der Waals surface area contributed by atoms with E-state index in [2.05, 4.69) is 17.4 Å². The lowest BCUT2D eigenvalue weighted by molar-refractivity contribution is 0.315. The molecule has 0 fully saturated rings. The summed E-state index contributed by atoms with van der Waals surface area (Å²) in [7, 11) is 0. The average molecular weight is 215 g/mol. The molecule has 0 aromatic heterocycles. The Balaban J connectivity index is 3.24. The van der Waals surface area contributed by atoms with Crippen LogP contribution in [0.15, 0.2) is 5.16 Å². The molecule has 0 rings (SSSR count). The van der Waals surface area contributed by atoms with E-state index in [-0.39, 0.29) is 11.9 Å². The van der Waals surface area contributed by atoms with Gasteiger partial charge in [-0.1, -0.05) is 44.2 Å². The zero-order chi connectivity index (χ0) is 11.5. The van der Waals surface area contributed by atoms with Crippen LogP contribution >= 0.6 is 0 Å². The minimum Gasteiger partial charge on any atom is -0.409 e. The summed E-state index contributed by atoms with van der Waals surface area (Å²) in [6, 6.07) is -0.0364. The van der Waals surface area contributed by atoms with Crippen molar-refractivity contribution in [2.75, 3.05) is 6.54 Å². The number of nitrogens with zero attached hydrogens (tertiary/aromatic N) is 1. The van der Waals surface area contributed by atoms with Gasteiger partial charge in [0.2, 0.25) is 0 Å². The quantitative estimate of drug-likeness (QED) is 0.181. The number of hydrogen-bond acceptors (Lipinski definition) is 3. The van der Waals surface area contributed by atoms with Crippen LogP contribution in [0, 0.1) is 0 Å². The standard InChI is InChI=1S/C11H25N3O/c1-3-4-5-6-7-8-9-13-10(2)11(12)14-15/h10,13,15H,3-9H2,1-2H3,(H2,12,14). The Kier molecular flexibility index (Phi) is 9.27. The van der Waals surface area contributed by atoms with Crippen molar-refractivity contribution < 1.29 is 5.21 Å². The predicted molar refractivity (Wildman–Crippen MR) is 64.2 cm³/mol. The number of nitrogens with two attached hydrogens (primary N) is 1. The summed E-state index contributed by atoms with van der Waals surface area (Å²) >= 11 is 0. The summed E-state index contributed by atoms with van der Waals surface area (Å²) in [5, 5.41) is 14.6. The zero-order valence-electron chi connectivity index (χ0n) is 10.00. The molecular formula is C11H25N3O. The second-order valence-corrected chi connectivity index (χ2v) is 3.97. The Morgan fingerprint density at radius 1 is 1.27 bits per heavy atom. The molecule has 0 heterocycles. The molecule has 1 unspecified atom stereocenters. The average Bonchev–Trinajstić information content (AvgIpc) is 2.26. The van der Waals surface area contributed by atoms with Gasteiger partial charge in [0.25, 0.3) is 0 Å². The smallest absolute Gasteiger partial charge is 0.156 e. The van der Waals surface area contributed by atoms with Gasteiger partial charge >= 0.3 is 0 Å². The van der Waals surface area contributed by atoms with Crippen molar-refractivity contribution in [1.82, 2.24) is 5.32 Å². The first-order valence-electron chi connectivity index (χ1n) is 5.93. The molecule has 4 N–H and O–H groups in total. The highest BCUT2D eigenvalue weighted by molar-refractivity contribution is 5.84. The van der Waals surface area contributed by atoms with Crippen LogP contribution < -0.4 is 11.1 Å². The van der Waals surface area contributed by atoms with E-state index < -0.39 is 0 Å². The Morgan fingerprint density at radius 2 is 1.87 bits per heavy atom. The Bertz CT molecular complexity index is 171. The van der Waals surface area contributed by atoms with Gasteiger partial charge in [-0.05, 0) is 19.9 Å². The Morgan fingerprint density at radius 3 is 2.47 bits per heavy atom. The fourth-order valence-corrected chi connectivity index (χ4v) is 1.42. The van der Waals surface area contributed by atoms with Crippen LogP contribution in [0.3, 0.4) is 0 Å². The van der Waals surface area contributed by atoms with Crippen LogP contribution in [0.1, 0.15) is 52.4 Å². The minimum absolute atomic E-state index is 0.0364. The molecule has 0 radical (unpaired) electrons. The summed E-state index contributed by atoms with van der Waals surface area (Å²) in [6.45, 7) is 5.05. The van der Waals surface area contributed by atoms with Crippen molar-refractivity contribution in [1.29, 1.82) is 0 Å². The first-order chi connectivity index (χ1) is 7.22. The highest BCUT2D eigenvalue weighted by Gasteiger charge is 2.04. The maximum absolute atomic E-state index is 8.43. The summed E-state index contributed by atoms with van der Waals surface area (Å²) in [6.07, 6.45) is 7.70. The van der Waals surface area contributed by atoms with Gasteiger partial charge in [0.05, 0.1) is 6.04 Å².